The van der Waals surface area contributed by atoms with Crippen molar-refractivity contribution in [1.82, 2.24) is 9.45 Å². The maximum atomic E-state index is 13.0. The van der Waals surface area contributed by atoms with Gasteiger partial charge in [0.2, 0.25) is 0 Å². The molecule has 0 radical (unpaired) electrons. The molecule has 6 nitrogen and oxygen atoms in total. The number of hydrogen-bond acceptors (Lipinski definition) is 4. The Balaban J connectivity index is 2.26. The van der Waals surface area contributed by atoms with Crippen molar-refractivity contribution in [2.75, 3.05) is 0 Å². The van der Waals surface area contributed by atoms with E-state index in [0.29, 0.717) is 11.2 Å². The lowest BCUT2D eigenvalue weighted by Gasteiger charge is -2.10. The number of hydrogen-bond donors (Lipinski definition) is 2. The van der Waals surface area contributed by atoms with E-state index in [9.17, 15) is 13.2 Å². The van der Waals surface area contributed by atoms with Crippen molar-refractivity contribution in [3.05, 3.63) is 72.4 Å². The van der Waals surface area contributed by atoms with Crippen molar-refractivity contribution in [3.63, 3.8) is 0 Å². The van der Waals surface area contributed by atoms with Crippen molar-refractivity contribution < 1.29 is 18.4 Å². The van der Waals surface area contributed by atoms with E-state index in [-0.39, 0.29) is 4.90 Å². The third-order valence-corrected chi connectivity index (χ3v) is 5.25. The summed E-state index contributed by atoms with van der Waals surface area (Å²) in [7, 11) is -3.84. The predicted molar refractivity (Wildman–Crippen MR) is 89.9 cm³/mol. The zero-order chi connectivity index (χ0) is 17.2. The first-order chi connectivity index (χ1) is 11.5. The minimum absolute atomic E-state index is 0.146. The van der Waals surface area contributed by atoms with E-state index >= 15 is 0 Å². The molecule has 0 atom stereocenters. The molecule has 2 N–H and O–H groups in total. The fourth-order valence-electron chi connectivity index (χ4n) is 2.43. The number of nitrogens with one attached hydrogen (secondary N) is 1. The van der Waals surface area contributed by atoms with Gasteiger partial charge in [0.25, 0.3) is 15.9 Å². The highest BCUT2D eigenvalue weighted by Gasteiger charge is 2.21. The number of fused-ring (bicyclic) bond motifs is 1. The van der Waals surface area contributed by atoms with Crippen LogP contribution in [-0.4, -0.2) is 23.5 Å². The number of carbonyl (C=O) groups excluding carboxylic acids is 1. The van der Waals surface area contributed by atoms with Crippen molar-refractivity contribution in [1.29, 1.82) is 0 Å². The van der Waals surface area contributed by atoms with E-state index in [2.05, 4.69) is 0 Å². The number of nitrogens with zero attached hydrogens (tertiary/aromatic N) is 1. The summed E-state index contributed by atoms with van der Waals surface area (Å²) in [5.74, 6) is -0.746. The molecule has 0 unspecified atom stereocenters. The van der Waals surface area contributed by atoms with E-state index in [1.807, 2.05) is 0 Å². The van der Waals surface area contributed by atoms with Gasteiger partial charge in [0.1, 0.15) is 0 Å². The lowest BCUT2D eigenvalue weighted by atomic mass is 10.2. The molecule has 0 spiro atoms. The van der Waals surface area contributed by atoms with E-state index in [4.69, 9.17) is 5.21 Å². The minimum Gasteiger partial charge on any atom is -0.288 e. The van der Waals surface area contributed by atoms with E-state index in [1.165, 1.54) is 27.7 Å². The molecule has 3 aromatic rings. The molecule has 7 heteroatoms. The second kappa shape index (κ2) is 6.31. The molecule has 0 aliphatic rings. The smallest absolute Gasteiger partial charge is 0.268 e. The van der Waals surface area contributed by atoms with Crippen LogP contribution in [0.3, 0.4) is 0 Å². The number of para-hydroxylation sites is 1. The summed E-state index contributed by atoms with van der Waals surface area (Å²) in [6.07, 6.45) is 2.40. The topological polar surface area (TPSA) is 88.4 Å². The van der Waals surface area contributed by atoms with Crippen LogP contribution in [0.25, 0.3) is 17.0 Å². The highest BCUT2D eigenvalue weighted by molar-refractivity contribution is 7.90. The van der Waals surface area contributed by atoms with Crippen LogP contribution < -0.4 is 5.48 Å². The fraction of sp³-hybridized carbons (Fsp3) is 0. The highest BCUT2D eigenvalue weighted by atomic mass is 32.2. The Morgan fingerprint density at radius 2 is 1.71 bits per heavy atom. The minimum atomic E-state index is -3.84. The lowest BCUT2D eigenvalue weighted by Crippen LogP contribution is -2.16. The molecule has 1 heterocycles. The van der Waals surface area contributed by atoms with Gasteiger partial charge in [0.05, 0.1) is 16.1 Å². The Morgan fingerprint density at radius 1 is 1.04 bits per heavy atom. The van der Waals surface area contributed by atoms with Crippen molar-refractivity contribution in [2.45, 2.75) is 4.90 Å². The summed E-state index contributed by atoms with van der Waals surface area (Å²) in [6, 6.07) is 16.7. The van der Waals surface area contributed by atoms with Crippen molar-refractivity contribution in [3.8, 4) is 0 Å². The van der Waals surface area contributed by atoms with Crippen molar-refractivity contribution in [2.24, 2.45) is 0 Å². The molecule has 2 aromatic carbocycles. The summed E-state index contributed by atoms with van der Waals surface area (Å²) in [4.78, 5) is 11.4. The molecular formula is C17H14N2O4S. The Hall–Kier alpha value is -2.90. The van der Waals surface area contributed by atoms with E-state index < -0.39 is 15.9 Å². The Labute approximate surface area is 138 Å². The molecular weight excluding hydrogens is 328 g/mol. The van der Waals surface area contributed by atoms with Gasteiger partial charge < -0.3 is 0 Å². The number of aromatic nitrogens is 1. The molecule has 1 amide bonds. The largest absolute Gasteiger partial charge is 0.288 e. The standard InChI is InChI=1S/C17H14N2O4S/c20-17(18-21)11-10-14-12-13-6-4-5-9-16(13)19(14)24(22,23)15-7-2-1-3-8-15/h1-12,21H,(H,18,20)/b11-10+. The summed E-state index contributed by atoms with van der Waals surface area (Å²) >= 11 is 0. The summed E-state index contributed by atoms with van der Waals surface area (Å²) < 4.78 is 27.2. The monoisotopic (exact) mass is 342 g/mol. The first-order valence-electron chi connectivity index (χ1n) is 7.07. The Morgan fingerprint density at radius 3 is 2.42 bits per heavy atom. The van der Waals surface area contributed by atoms with E-state index in [1.54, 1.807) is 48.5 Å². The molecule has 0 saturated heterocycles. The average molecular weight is 342 g/mol. The zero-order valence-electron chi connectivity index (χ0n) is 12.5. The van der Waals surface area contributed by atoms with Crippen LogP contribution >= 0.6 is 0 Å². The van der Waals surface area contributed by atoms with Gasteiger partial charge in [-0.25, -0.2) is 17.9 Å². The molecule has 24 heavy (non-hydrogen) atoms. The van der Waals surface area contributed by atoms with Gasteiger partial charge in [-0.15, -0.1) is 0 Å². The summed E-state index contributed by atoms with van der Waals surface area (Å²) in [5.41, 5.74) is 2.29. The summed E-state index contributed by atoms with van der Waals surface area (Å²) in [6.45, 7) is 0. The second-order valence-electron chi connectivity index (χ2n) is 5.02. The first-order valence-corrected chi connectivity index (χ1v) is 8.51. The molecule has 0 aliphatic heterocycles. The molecule has 122 valence electrons. The highest BCUT2D eigenvalue weighted by Crippen LogP contribution is 2.26. The van der Waals surface area contributed by atoms with Crippen LogP contribution in [0.2, 0.25) is 0 Å². The maximum Gasteiger partial charge on any atom is 0.268 e. The molecule has 0 fully saturated rings. The average Bonchev–Trinajstić information content (AvgIpc) is 2.99. The third-order valence-electron chi connectivity index (χ3n) is 3.49. The van der Waals surface area contributed by atoms with Crippen LogP contribution in [0, 0.1) is 0 Å². The third kappa shape index (κ3) is 2.82. The van der Waals surface area contributed by atoms with Crippen LogP contribution in [0.1, 0.15) is 5.69 Å². The van der Waals surface area contributed by atoms with Gasteiger partial charge in [-0.3, -0.25) is 10.0 Å². The predicted octanol–water partition coefficient (Wildman–Crippen LogP) is 2.40. The maximum absolute atomic E-state index is 13.0. The van der Waals surface area contributed by atoms with Gasteiger partial charge in [0.15, 0.2) is 0 Å². The SMILES string of the molecule is O=C(/C=C/c1cc2ccccc2n1S(=O)(=O)c1ccccc1)NO. The lowest BCUT2D eigenvalue weighted by molar-refractivity contribution is -0.124. The van der Waals surface area contributed by atoms with Crippen LogP contribution in [0.5, 0.6) is 0 Å². The Kier molecular flexibility index (Phi) is 4.20. The van der Waals surface area contributed by atoms with Crippen LogP contribution in [0.4, 0.5) is 0 Å². The number of hydroxylamine groups is 1. The van der Waals surface area contributed by atoms with Crippen molar-refractivity contribution >= 4 is 32.9 Å². The van der Waals surface area contributed by atoms with Gasteiger partial charge in [0, 0.05) is 11.5 Å². The quantitative estimate of drug-likeness (QED) is 0.433. The normalized spacial score (nSPS) is 11.9. The number of carbonyl (C=O) groups is 1. The molecule has 0 saturated carbocycles. The first kappa shape index (κ1) is 16.0. The van der Waals surface area contributed by atoms with E-state index in [0.717, 1.165) is 11.5 Å². The van der Waals surface area contributed by atoms with Crippen LogP contribution in [0.15, 0.2) is 71.6 Å². The van der Waals surface area contributed by atoms with Gasteiger partial charge in [-0.1, -0.05) is 36.4 Å². The number of rotatable bonds is 4. The van der Waals surface area contributed by atoms with Gasteiger partial charge in [-0.05, 0) is 30.3 Å². The Bertz CT molecular complexity index is 1020. The molecule has 0 aliphatic carbocycles. The van der Waals surface area contributed by atoms with Gasteiger partial charge in [-0.2, -0.15) is 0 Å². The zero-order valence-corrected chi connectivity index (χ0v) is 13.3. The number of benzene rings is 2. The number of amides is 1. The van der Waals surface area contributed by atoms with Crippen LogP contribution in [-0.2, 0) is 14.8 Å². The molecule has 0 bridgehead atoms. The fourth-order valence-corrected chi connectivity index (χ4v) is 3.96. The van der Waals surface area contributed by atoms with Gasteiger partial charge >= 0.3 is 0 Å². The molecule has 1 aromatic heterocycles. The molecule has 3 rings (SSSR count). The summed E-state index contributed by atoms with van der Waals surface area (Å²) in [5, 5.41) is 9.31. The second-order valence-corrected chi connectivity index (χ2v) is 6.81.